The summed E-state index contributed by atoms with van der Waals surface area (Å²) in [5, 5.41) is 24.8. The molecule has 0 aliphatic carbocycles. The van der Waals surface area contributed by atoms with E-state index in [0.29, 0.717) is 78.7 Å². The molecule has 11 heteroatoms. The quantitative estimate of drug-likeness (QED) is 0.0704. The number of hydrogen-bond acceptors (Lipinski definition) is 8. The number of nitrogens with one attached hydrogen (secondary N) is 2. The van der Waals surface area contributed by atoms with Gasteiger partial charge < -0.3 is 29.7 Å². The largest absolute Gasteiger partial charge is 0.506 e. The summed E-state index contributed by atoms with van der Waals surface area (Å²) >= 11 is 0. The van der Waals surface area contributed by atoms with Crippen molar-refractivity contribution in [2.45, 2.75) is 71.0 Å². The van der Waals surface area contributed by atoms with Crippen molar-refractivity contribution in [1.82, 2.24) is 9.88 Å². The van der Waals surface area contributed by atoms with Gasteiger partial charge >= 0.3 is 6.09 Å². The molecule has 1 saturated heterocycles. The van der Waals surface area contributed by atoms with Crippen LogP contribution in [0.2, 0.25) is 0 Å². The minimum Gasteiger partial charge on any atom is -0.506 e. The number of H-pyrrole nitrogens is 1. The van der Waals surface area contributed by atoms with Gasteiger partial charge in [-0.3, -0.25) is 19.7 Å². The second-order valence-electron chi connectivity index (χ2n) is 16.8. The van der Waals surface area contributed by atoms with Gasteiger partial charge in [0.2, 0.25) is 11.5 Å². The highest BCUT2D eigenvalue weighted by Crippen LogP contribution is 2.32. The Hall–Kier alpha value is -6.56. The Morgan fingerprint density at radius 1 is 0.873 bits per heavy atom. The van der Waals surface area contributed by atoms with Gasteiger partial charge in [-0.2, -0.15) is 0 Å². The van der Waals surface area contributed by atoms with Gasteiger partial charge in [0.05, 0.1) is 17.3 Å². The van der Waals surface area contributed by atoms with Gasteiger partial charge in [-0.05, 0) is 97.0 Å². The molecule has 0 saturated carbocycles. The van der Waals surface area contributed by atoms with Crippen LogP contribution in [0.5, 0.6) is 5.75 Å². The molecule has 63 heavy (non-hydrogen) atoms. The van der Waals surface area contributed by atoms with Crippen LogP contribution < -0.4 is 15.8 Å². The minimum absolute atomic E-state index is 0.0351. The first-order valence-electron chi connectivity index (χ1n) is 21.8. The van der Waals surface area contributed by atoms with Crippen molar-refractivity contribution in [3.05, 3.63) is 159 Å². The lowest BCUT2D eigenvalue weighted by atomic mass is 9.91. The lowest BCUT2D eigenvalue weighted by Crippen LogP contribution is -2.40. The molecule has 7 rings (SSSR count). The number of likely N-dealkylation sites (tertiary alicyclic amines) is 1. The van der Waals surface area contributed by atoms with Gasteiger partial charge in [-0.15, -0.1) is 0 Å². The van der Waals surface area contributed by atoms with E-state index >= 15 is 0 Å². The summed E-state index contributed by atoms with van der Waals surface area (Å²) in [6, 6.07) is 37.3. The third kappa shape index (κ3) is 11.5. The fourth-order valence-corrected chi connectivity index (χ4v) is 8.51. The number of aryl methyl sites for hydroxylation is 1. The number of amides is 2. The molecule has 1 aliphatic rings. The molecule has 0 bridgehead atoms. The average molecular weight is 849 g/mol. The van der Waals surface area contributed by atoms with Crippen molar-refractivity contribution < 1.29 is 29.3 Å². The lowest BCUT2D eigenvalue weighted by molar-refractivity contribution is -0.118. The highest BCUT2D eigenvalue weighted by Gasteiger charge is 2.25. The van der Waals surface area contributed by atoms with E-state index in [1.165, 1.54) is 12.1 Å². The maximum absolute atomic E-state index is 13.6. The van der Waals surface area contributed by atoms with E-state index < -0.39 is 12.2 Å². The molecular weight excluding hydrogens is 793 g/mol. The summed E-state index contributed by atoms with van der Waals surface area (Å²) in [6.45, 7) is 6.08. The molecule has 2 atom stereocenters. The molecule has 2 heterocycles. The summed E-state index contributed by atoms with van der Waals surface area (Å²) in [5.74, 6) is 0.131. The zero-order valence-corrected chi connectivity index (χ0v) is 36.2. The van der Waals surface area contributed by atoms with E-state index in [4.69, 9.17) is 4.74 Å². The Bertz CT molecular complexity index is 2620. The molecule has 2 amide bonds. The number of anilines is 2. The SMILES string of the molecule is Cc1ccc(C(=O)Cc2cccc(CC(C)CC[C@H](O)c3ccc(O)c4[nH]c(=O)ccc34)c2)cc1N(C)C(=O)CCN1CCC(OC(=O)Nc2ccccc2-c2ccccc2)CC1. The van der Waals surface area contributed by atoms with Crippen molar-refractivity contribution in [2.75, 3.05) is 36.9 Å². The van der Waals surface area contributed by atoms with Crippen LogP contribution >= 0.6 is 0 Å². The molecule has 11 nitrogen and oxygen atoms in total. The summed E-state index contributed by atoms with van der Waals surface area (Å²) < 4.78 is 5.80. The number of aromatic amines is 1. The van der Waals surface area contributed by atoms with Crippen molar-refractivity contribution in [2.24, 2.45) is 5.92 Å². The van der Waals surface area contributed by atoms with Crippen LogP contribution in [0, 0.1) is 12.8 Å². The fourth-order valence-electron chi connectivity index (χ4n) is 8.51. The predicted octanol–water partition coefficient (Wildman–Crippen LogP) is 9.39. The number of para-hydroxylation sites is 1. The molecule has 0 spiro atoms. The number of aromatic nitrogens is 1. The fraction of sp³-hybridized carbons (Fsp3) is 0.308. The summed E-state index contributed by atoms with van der Waals surface area (Å²) in [6.07, 6.45) is 2.47. The molecule has 1 aliphatic heterocycles. The molecule has 4 N–H and O–H groups in total. The van der Waals surface area contributed by atoms with E-state index in [0.717, 1.165) is 40.7 Å². The second-order valence-corrected chi connectivity index (χ2v) is 16.8. The number of fused-ring (bicyclic) bond motifs is 1. The van der Waals surface area contributed by atoms with Crippen LogP contribution in [0.4, 0.5) is 16.2 Å². The second kappa shape index (κ2) is 20.5. The van der Waals surface area contributed by atoms with Gasteiger partial charge in [-0.25, -0.2) is 4.79 Å². The van der Waals surface area contributed by atoms with Gasteiger partial charge in [0.25, 0.3) is 0 Å². The number of rotatable bonds is 16. The predicted molar refractivity (Wildman–Crippen MR) is 248 cm³/mol. The number of nitrogens with zero attached hydrogens (tertiary/aromatic N) is 2. The van der Waals surface area contributed by atoms with Gasteiger partial charge in [0.1, 0.15) is 11.9 Å². The van der Waals surface area contributed by atoms with Crippen molar-refractivity contribution in [3.8, 4) is 16.9 Å². The molecule has 1 unspecified atom stereocenters. The first kappa shape index (κ1) is 44.5. The zero-order chi connectivity index (χ0) is 44.5. The molecular formula is C52H56N4O7. The van der Waals surface area contributed by atoms with E-state index in [-0.39, 0.29) is 41.4 Å². The number of phenols is 1. The lowest BCUT2D eigenvalue weighted by Gasteiger charge is -2.32. The number of aliphatic hydroxyl groups excluding tert-OH is 1. The van der Waals surface area contributed by atoms with E-state index in [1.54, 1.807) is 24.1 Å². The van der Waals surface area contributed by atoms with Gasteiger partial charge in [0, 0.05) is 67.8 Å². The van der Waals surface area contributed by atoms with Gasteiger partial charge in [-0.1, -0.05) is 97.9 Å². The highest BCUT2D eigenvalue weighted by molar-refractivity contribution is 6.00. The number of carbonyl (C=O) groups is 3. The molecule has 6 aromatic rings. The topological polar surface area (TPSA) is 152 Å². The van der Waals surface area contributed by atoms with Crippen LogP contribution in [0.25, 0.3) is 22.0 Å². The van der Waals surface area contributed by atoms with Crippen LogP contribution in [0.3, 0.4) is 0 Å². The number of aliphatic hydroxyl groups is 1. The van der Waals surface area contributed by atoms with Gasteiger partial charge in [0.15, 0.2) is 5.78 Å². The summed E-state index contributed by atoms with van der Waals surface area (Å²) in [5.41, 5.74) is 7.45. The van der Waals surface area contributed by atoms with Crippen molar-refractivity contribution >= 4 is 40.1 Å². The number of ketones is 1. The van der Waals surface area contributed by atoms with Crippen molar-refractivity contribution in [1.29, 1.82) is 0 Å². The molecule has 1 aromatic heterocycles. The number of ether oxygens (including phenoxy) is 1. The molecule has 0 radical (unpaired) electrons. The summed E-state index contributed by atoms with van der Waals surface area (Å²) in [4.78, 5) is 58.3. The molecule has 5 aromatic carbocycles. The number of benzene rings is 5. The third-order valence-corrected chi connectivity index (χ3v) is 12.1. The van der Waals surface area contributed by atoms with E-state index in [2.05, 4.69) is 34.3 Å². The maximum atomic E-state index is 13.6. The normalized spacial score (nSPS) is 14.2. The van der Waals surface area contributed by atoms with Crippen LogP contribution in [0.15, 0.2) is 126 Å². The Balaban J connectivity index is 0.861. The number of piperidine rings is 1. The van der Waals surface area contributed by atoms with E-state index in [1.807, 2.05) is 91.9 Å². The number of carbonyl (C=O) groups excluding carboxylic acids is 3. The standard InChI is InChI=1S/C52H56N4O7/c1-34(16-21-46(57)42-19-22-47(58)51-43(42)20-23-49(60)54-51)30-36-10-9-11-37(31-36)32-48(59)39-18-17-35(2)45(33-39)55(3)50(61)26-29-56-27-24-40(25-28-56)63-52(62)53-44-15-8-7-14-41(44)38-12-5-4-6-13-38/h4-15,17-20,22-23,31,33-34,40,46,57-58H,16,21,24-30,32H2,1-3H3,(H,53,62)(H,54,60)/t34?,46-/m0/s1. The zero-order valence-electron chi connectivity index (χ0n) is 36.2. The highest BCUT2D eigenvalue weighted by atomic mass is 16.6. The number of hydrogen-bond donors (Lipinski definition) is 4. The Kier molecular flexibility index (Phi) is 14.5. The number of pyridine rings is 1. The molecule has 1 fully saturated rings. The smallest absolute Gasteiger partial charge is 0.411 e. The first-order chi connectivity index (χ1) is 30.4. The minimum atomic E-state index is -0.763. The van der Waals surface area contributed by atoms with Crippen LogP contribution in [-0.4, -0.2) is 70.7 Å². The summed E-state index contributed by atoms with van der Waals surface area (Å²) in [7, 11) is 1.76. The number of phenolic OH excluding ortho intramolecular Hbond substituents is 1. The Labute approximate surface area is 368 Å². The van der Waals surface area contributed by atoms with Crippen molar-refractivity contribution in [3.63, 3.8) is 0 Å². The average Bonchev–Trinajstić information content (AvgIpc) is 3.28. The Morgan fingerprint density at radius 3 is 2.41 bits per heavy atom. The number of Topliss-reactive ketones (excluding diaryl/α,β-unsaturated/α-hetero) is 1. The number of aromatic hydroxyl groups is 1. The molecule has 326 valence electrons. The first-order valence-corrected chi connectivity index (χ1v) is 21.8. The Morgan fingerprint density at radius 2 is 1.62 bits per heavy atom. The van der Waals surface area contributed by atoms with Crippen LogP contribution in [0.1, 0.15) is 77.7 Å². The third-order valence-electron chi connectivity index (χ3n) is 12.1. The maximum Gasteiger partial charge on any atom is 0.411 e. The monoisotopic (exact) mass is 848 g/mol. The van der Waals surface area contributed by atoms with Crippen LogP contribution in [-0.2, 0) is 22.4 Å². The van der Waals surface area contributed by atoms with E-state index in [9.17, 15) is 29.4 Å².